The Labute approximate surface area is 205 Å². The highest BCUT2D eigenvalue weighted by Gasteiger charge is 2.30. The molecule has 186 valence electrons. The number of hydrogen-bond acceptors (Lipinski definition) is 5. The Morgan fingerprint density at radius 3 is 2.25 bits per heavy atom. The number of aryl methyl sites for hydroxylation is 2. The molecule has 4 rings (SSSR count). The van der Waals surface area contributed by atoms with Crippen LogP contribution in [0.2, 0.25) is 0 Å². The Bertz CT molecular complexity index is 1410. The van der Waals surface area contributed by atoms with E-state index in [1.165, 1.54) is 12.1 Å². The number of aromatic nitrogens is 4. The number of nitrogens with zero attached hydrogens (tertiary/aromatic N) is 4. The van der Waals surface area contributed by atoms with Crippen molar-refractivity contribution in [3.8, 4) is 17.4 Å². The van der Waals surface area contributed by atoms with E-state index in [4.69, 9.17) is 4.74 Å². The fourth-order valence-electron chi connectivity index (χ4n) is 3.42. The summed E-state index contributed by atoms with van der Waals surface area (Å²) in [5.74, 6) is 1.88. The number of ether oxygens (including phenoxy) is 1. The molecule has 2 heterocycles. The molecule has 11 heteroatoms. The molecule has 2 amide bonds. The molecular weight excluding hydrogens is 473 g/mol. The third-order valence-electron chi connectivity index (χ3n) is 5.45. The van der Waals surface area contributed by atoms with Crippen LogP contribution >= 0.6 is 0 Å². The SMILES string of the molecule is Cc1nc(Oc2ccc(NC(=O)Nc3cccc(C(F)(F)F)c3)cc2)cc(-n2nc(C)c(C)c2C)n1. The van der Waals surface area contributed by atoms with Gasteiger partial charge in [0.2, 0.25) is 5.88 Å². The summed E-state index contributed by atoms with van der Waals surface area (Å²) >= 11 is 0. The zero-order chi connectivity index (χ0) is 26.0. The van der Waals surface area contributed by atoms with E-state index < -0.39 is 17.8 Å². The summed E-state index contributed by atoms with van der Waals surface area (Å²) in [4.78, 5) is 21.0. The Morgan fingerprint density at radius 1 is 0.917 bits per heavy atom. The lowest BCUT2D eigenvalue weighted by atomic mass is 10.2. The Kier molecular flexibility index (Phi) is 6.65. The molecule has 2 aromatic heterocycles. The van der Waals surface area contributed by atoms with E-state index in [1.54, 1.807) is 41.9 Å². The number of rotatable bonds is 5. The highest BCUT2D eigenvalue weighted by molar-refractivity contribution is 5.99. The van der Waals surface area contributed by atoms with Gasteiger partial charge in [-0.05, 0) is 75.7 Å². The highest BCUT2D eigenvalue weighted by atomic mass is 19.4. The molecule has 4 aromatic rings. The maximum Gasteiger partial charge on any atom is 0.416 e. The number of nitrogens with one attached hydrogen (secondary N) is 2. The van der Waals surface area contributed by atoms with Crippen molar-refractivity contribution in [2.45, 2.75) is 33.9 Å². The van der Waals surface area contributed by atoms with Crippen LogP contribution in [0.1, 0.15) is 28.3 Å². The van der Waals surface area contributed by atoms with Crippen LogP contribution in [0, 0.1) is 27.7 Å². The largest absolute Gasteiger partial charge is 0.439 e. The summed E-state index contributed by atoms with van der Waals surface area (Å²) in [7, 11) is 0. The molecule has 0 aliphatic heterocycles. The maximum absolute atomic E-state index is 12.9. The number of amides is 2. The van der Waals surface area contributed by atoms with Gasteiger partial charge in [-0.25, -0.2) is 14.5 Å². The molecule has 0 radical (unpaired) electrons. The quantitative estimate of drug-likeness (QED) is 0.336. The predicted octanol–water partition coefficient (Wildman–Crippen LogP) is 6.35. The second-order valence-electron chi connectivity index (χ2n) is 8.10. The molecule has 0 saturated heterocycles. The van der Waals surface area contributed by atoms with Gasteiger partial charge in [-0.1, -0.05) is 6.07 Å². The minimum atomic E-state index is -4.50. The number of urea groups is 1. The van der Waals surface area contributed by atoms with E-state index in [1.807, 2.05) is 20.8 Å². The first kappa shape index (κ1) is 24.7. The van der Waals surface area contributed by atoms with Crippen molar-refractivity contribution in [1.29, 1.82) is 0 Å². The van der Waals surface area contributed by atoms with Gasteiger partial charge in [0.1, 0.15) is 11.6 Å². The van der Waals surface area contributed by atoms with E-state index in [2.05, 4.69) is 25.7 Å². The van der Waals surface area contributed by atoms with E-state index in [-0.39, 0.29) is 5.69 Å². The van der Waals surface area contributed by atoms with Gasteiger partial charge in [-0.3, -0.25) is 0 Å². The average molecular weight is 496 g/mol. The van der Waals surface area contributed by atoms with Crippen LogP contribution in [0.4, 0.5) is 29.3 Å². The van der Waals surface area contributed by atoms with Crippen LogP contribution in [0.3, 0.4) is 0 Å². The standard InChI is InChI=1S/C25H23F3N6O2/c1-14-15(2)33-34(16(14)3)22-13-23(30-17(4)29-22)36-21-10-8-19(9-11-21)31-24(35)32-20-7-5-6-18(12-20)25(26,27)28/h5-13H,1-4H3,(H2,31,32,35). The first-order chi connectivity index (χ1) is 17.0. The fourth-order valence-corrected chi connectivity index (χ4v) is 3.42. The molecule has 0 spiro atoms. The number of carbonyl (C=O) groups excluding carboxylic acids is 1. The van der Waals surface area contributed by atoms with Crippen LogP contribution in [-0.2, 0) is 6.18 Å². The summed E-state index contributed by atoms with van der Waals surface area (Å²) in [5.41, 5.74) is 2.55. The Balaban J connectivity index is 1.43. The van der Waals surface area contributed by atoms with E-state index in [0.29, 0.717) is 29.0 Å². The van der Waals surface area contributed by atoms with Crippen molar-refractivity contribution in [2.75, 3.05) is 10.6 Å². The zero-order valence-corrected chi connectivity index (χ0v) is 19.9. The molecule has 0 saturated carbocycles. The molecule has 2 N–H and O–H groups in total. The van der Waals surface area contributed by atoms with E-state index in [0.717, 1.165) is 29.1 Å². The second-order valence-corrected chi connectivity index (χ2v) is 8.10. The van der Waals surface area contributed by atoms with Crippen molar-refractivity contribution in [2.24, 2.45) is 0 Å². The molecule has 36 heavy (non-hydrogen) atoms. The van der Waals surface area contributed by atoms with Crippen molar-refractivity contribution < 1.29 is 22.7 Å². The van der Waals surface area contributed by atoms with Gasteiger partial charge in [0, 0.05) is 23.1 Å². The minimum absolute atomic E-state index is 0.0232. The smallest absolute Gasteiger partial charge is 0.416 e. The first-order valence-corrected chi connectivity index (χ1v) is 10.9. The molecule has 0 atom stereocenters. The molecule has 0 unspecified atom stereocenters. The third kappa shape index (κ3) is 5.62. The van der Waals surface area contributed by atoms with Gasteiger partial charge < -0.3 is 15.4 Å². The molecule has 0 aliphatic rings. The average Bonchev–Trinajstić information content (AvgIpc) is 3.07. The van der Waals surface area contributed by atoms with Gasteiger partial charge in [-0.2, -0.15) is 23.3 Å². The van der Waals surface area contributed by atoms with Crippen molar-refractivity contribution in [3.05, 3.63) is 82.9 Å². The van der Waals surface area contributed by atoms with Crippen LogP contribution in [0.25, 0.3) is 5.82 Å². The van der Waals surface area contributed by atoms with E-state index in [9.17, 15) is 18.0 Å². The zero-order valence-electron chi connectivity index (χ0n) is 19.9. The number of halogens is 3. The molecular formula is C25H23F3N6O2. The first-order valence-electron chi connectivity index (χ1n) is 10.9. The molecule has 0 fully saturated rings. The summed E-state index contributed by atoms with van der Waals surface area (Å²) < 4.78 is 46.2. The van der Waals surface area contributed by atoms with Crippen molar-refractivity contribution in [3.63, 3.8) is 0 Å². The van der Waals surface area contributed by atoms with Gasteiger partial charge >= 0.3 is 12.2 Å². The second kappa shape index (κ2) is 9.68. The fraction of sp³-hybridized carbons (Fsp3) is 0.200. The van der Waals surface area contributed by atoms with Crippen molar-refractivity contribution >= 4 is 17.4 Å². The van der Waals surface area contributed by atoms with Gasteiger partial charge in [-0.15, -0.1) is 0 Å². The molecule has 2 aromatic carbocycles. The predicted molar refractivity (Wildman–Crippen MR) is 129 cm³/mol. The highest BCUT2D eigenvalue weighted by Crippen LogP contribution is 2.31. The molecule has 8 nitrogen and oxygen atoms in total. The Hall–Kier alpha value is -4.41. The maximum atomic E-state index is 12.9. The summed E-state index contributed by atoms with van der Waals surface area (Å²) in [6.07, 6.45) is -4.50. The van der Waals surface area contributed by atoms with Crippen LogP contribution in [-0.4, -0.2) is 25.8 Å². The summed E-state index contributed by atoms with van der Waals surface area (Å²) in [5, 5.41) is 9.48. The van der Waals surface area contributed by atoms with Crippen LogP contribution in [0.5, 0.6) is 11.6 Å². The summed E-state index contributed by atoms with van der Waals surface area (Å²) in [6.45, 7) is 7.64. The normalized spacial score (nSPS) is 11.3. The van der Waals surface area contributed by atoms with Crippen molar-refractivity contribution in [1.82, 2.24) is 19.7 Å². The summed E-state index contributed by atoms with van der Waals surface area (Å²) in [6, 6.07) is 11.8. The number of benzene rings is 2. The monoisotopic (exact) mass is 496 g/mol. The number of hydrogen-bond donors (Lipinski definition) is 2. The number of carbonyl (C=O) groups is 1. The van der Waals surface area contributed by atoms with Gasteiger partial charge in [0.05, 0.1) is 11.3 Å². The minimum Gasteiger partial charge on any atom is -0.439 e. The molecule has 0 aliphatic carbocycles. The Morgan fingerprint density at radius 2 is 1.61 bits per heavy atom. The lowest BCUT2D eigenvalue weighted by Gasteiger charge is -2.11. The third-order valence-corrected chi connectivity index (χ3v) is 5.45. The topological polar surface area (TPSA) is 94.0 Å². The lowest BCUT2D eigenvalue weighted by Crippen LogP contribution is -2.19. The number of anilines is 2. The van der Waals surface area contributed by atoms with Gasteiger partial charge in [0.15, 0.2) is 5.82 Å². The lowest BCUT2D eigenvalue weighted by molar-refractivity contribution is -0.137. The molecule has 0 bridgehead atoms. The van der Waals surface area contributed by atoms with Crippen LogP contribution < -0.4 is 15.4 Å². The van der Waals surface area contributed by atoms with Gasteiger partial charge in [0.25, 0.3) is 0 Å². The number of alkyl halides is 3. The van der Waals surface area contributed by atoms with E-state index >= 15 is 0 Å². The van der Waals surface area contributed by atoms with Crippen LogP contribution in [0.15, 0.2) is 54.6 Å².